The lowest BCUT2D eigenvalue weighted by Gasteiger charge is -2.14. The van der Waals surface area contributed by atoms with E-state index in [1.165, 1.54) is 0 Å². The van der Waals surface area contributed by atoms with E-state index in [9.17, 15) is 14.4 Å². The van der Waals surface area contributed by atoms with Gasteiger partial charge in [0.05, 0.1) is 30.0 Å². The molecule has 4 aromatic rings. The molecule has 0 unspecified atom stereocenters. The molecule has 0 aliphatic heterocycles. The van der Waals surface area contributed by atoms with Crippen molar-refractivity contribution in [1.82, 2.24) is 15.0 Å². The van der Waals surface area contributed by atoms with Crippen molar-refractivity contribution in [2.75, 3.05) is 13.3 Å². The molecule has 0 aliphatic rings. The van der Waals surface area contributed by atoms with Crippen LogP contribution in [0, 0.1) is 0 Å². The Balaban J connectivity index is 1.95. The molecule has 0 saturated heterocycles. The summed E-state index contributed by atoms with van der Waals surface area (Å²) in [5.41, 5.74) is 1.34. The monoisotopic (exact) mass is 861 g/mol. The Bertz CT molecular complexity index is 1340. The van der Waals surface area contributed by atoms with E-state index in [-0.39, 0.29) is 48.0 Å². The van der Waals surface area contributed by atoms with Gasteiger partial charge in [-0.15, -0.1) is 0 Å². The second kappa shape index (κ2) is 14.1. The molecule has 1 aromatic heterocycles. The molecule has 0 N–H and O–H groups in total. The summed E-state index contributed by atoms with van der Waals surface area (Å²) >= 11 is 5.78. The summed E-state index contributed by atoms with van der Waals surface area (Å²) in [4.78, 5) is 50.4. The first-order valence-electron chi connectivity index (χ1n) is 11.3. The minimum atomic E-state index is -0.426. The van der Waals surface area contributed by atoms with Gasteiger partial charge in [0.25, 0.3) is 0 Å². The van der Waals surface area contributed by atoms with Crippen LogP contribution >= 0.6 is 67.8 Å². The van der Waals surface area contributed by atoms with Gasteiger partial charge in [0, 0.05) is 0 Å². The molecular weight excluding hydrogens is 843 g/mol. The number of nitrogens with zero attached hydrogens (tertiary/aromatic N) is 3. The molecule has 0 bridgehead atoms. The molecule has 0 radical (unpaired) electrons. The lowest BCUT2D eigenvalue weighted by Crippen LogP contribution is -2.11. The number of hydrogen-bond acceptors (Lipinski definition) is 9. The molecule has 1 heterocycles. The fourth-order valence-corrected chi connectivity index (χ4v) is 3.88. The quantitative estimate of drug-likeness (QED) is 0.0879. The van der Waals surface area contributed by atoms with Crippen molar-refractivity contribution in [2.24, 2.45) is 0 Å². The van der Waals surface area contributed by atoms with Gasteiger partial charge in [-0.3, -0.25) is 14.4 Å². The Hall–Kier alpha value is -2.73. The zero-order valence-electron chi connectivity index (χ0n) is 20.0. The van der Waals surface area contributed by atoms with Crippen LogP contribution in [0.2, 0.25) is 0 Å². The van der Waals surface area contributed by atoms with Crippen molar-refractivity contribution in [2.45, 2.75) is 0 Å². The highest BCUT2D eigenvalue weighted by atomic mass is 127. The Kier molecular flexibility index (Phi) is 10.6. The molecule has 198 valence electrons. The van der Waals surface area contributed by atoms with Gasteiger partial charge in [0.2, 0.25) is 0 Å². The van der Waals surface area contributed by atoms with Crippen LogP contribution in [0.25, 0.3) is 34.2 Å². The molecule has 0 amide bonds. The van der Waals surface area contributed by atoms with Gasteiger partial charge in [-0.05, 0) is 36.4 Å². The van der Waals surface area contributed by atoms with Gasteiger partial charge in [-0.2, -0.15) is 0 Å². The maximum atomic E-state index is 12.1. The molecule has 9 nitrogen and oxygen atoms in total. The number of carbonyl (C=O) groups excluding carboxylic acids is 3. The Morgan fingerprint density at radius 1 is 0.487 bits per heavy atom. The molecule has 0 spiro atoms. The van der Waals surface area contributed by atoms with Gasteiger partial charge in [0.15, 0.2) is 17.5 Å². The molecule has 0 fully saturated rings. The maximum absolute atomic E-state index is 12.1. The smallest absolute Gasteiger partial charge is 0.321 e. The van der Waals surface area contributed by atoms with Crippen LogP contribution in [0.4, 0.5) is 0 Å². The first-order chi connectivity index (χ1) is 18.9. The lowest BCUT2D eigenvalue weighted by atomic mass is 10.1. The summed E-state index contributed by atoms with van der Waals surface area (Å²) in [5, 5.41) is 0. The van der Waals surface area contributed by atoms with E-state index >= 15 is 0 Å². The number of esters is 3. The third-order valence-corrected chi connectivity index (χ3v) is 6.89. The van der Waals surface area contributed by atoms with Crippen molar-refractivity contribution in [3.05, 3.63) is 72.8 Å². The number of alkyl halides is 3. The average Bonchev–Trinajstić information content (AvgIpc) is 2.97. The van der Waals surface area contributed by atoms with E-state index in [0.717, 1.165) is 0 Å². The number of aromatic nitrogens is 3. The average molecular weight is 861 g/mol. The van der Waals surface area contributed by atoms with E-state index < -0.39 is 17.9 Å². The zero-order chi connectivity index (χ0) is 27.8. The zero-order valence-corrected chi connectivity index (χ0v) is 26.4. The predicted molar refractivity (Wildman–Crippen MR) is 170 cm³/mol. The number of benzene rings is 3. The second-order valence-corrected chi connectivity index (χ2v) is 9.91. The van der Waals surface area contributed by atoms with Gasteiger partial charge >= 0.3 is 17.9 Å². The van der Waals surface area contributed by atoms with E-state index in [4.69, 9.17) is 14.2 Å². The Labute approximate surface area is 264 Å². The van der Waals surface area contributed by atoms with Crippen molar-refractivity contribution >= 4 is 85.7 Å². The summed E-state index contributed by atoms with van der Waals surface area (Å²) in [5.74, 6) is 0.161. The molecular formula is C27H18I3N3O6. The van der Waals surface area contributed by atoms with Crippen LogP contribution in [0.3, 0.4) is 0 Å². The van der Waals surface area contributed by atoms with Gasteiger partial charge in [0.1, 0.15) is 17.2 Å². The highest BCUT2D eigenvalue weighted by Gasteiger charge is 2.21. The van der Waals surface area contributed by atoms with Gasteiger partial charge in [-0.25, -0.2) is 15.0 Å². The summed E-state index contributed by atoms with van der Waals surface area (Å²) in [6.45, 7) is 0. The summed E-state index contributed by atoms with van der Waals surface area (Å²) in [7, 11) is 0. The minimum Gasteiger partial charge on any atom is -0.425 e. The van der Waals surface area contributed by atoms with Crippen molar-refractivity contribution < 1.29 is 28.6 Å². The van der Waals surface area contributed by atoms with Crippen molar-refractivity contribution in [3.8, 4) is 51.4 Å². The summed E-state index contributed by atoms with van der Waals surface area (Å²) < 4.78 is 17.1. The molecule has 4 rings (SSSR count). The largest absolute Gasteiger partial charge is 0.425 e. The number of ether oxygens (including phenoxy) is 3. The molecule has 3 aromatic carbocycles. The normalized spacial score (nSPS) is 10.5. The minimum absolute atomic E-state index is 0.158. The van der Waals surface area contributed by atoms with Crippen LogP contribution in [0.15, 0.2) is 72.8 Å². The fraction of sp³-hybridized carbons (Fsp3) is 0.111. The van der Waals surface area contributed by atoms with Crippen LogP contribution in [-0.2, 0) is 14.4 Å². The Morgan fingerprint density at radius 3 is 1.00 bits per heavy atom. The number of hydrogen-bond donors (Lipinski definition) is 0. The van der Waals surface area contributed by atoms with Crippen LogP contribution in [0.1, 0.15) is 0 Å². The van der Waals surface area contributed by atoms with Crippen LogP contribution < -0.4 is 14.2 Å². The van der Waals surface area contributed by atoms with Gasteiger partial charge < -0.3 is 14.2 Å². The van der Waals surface area contributed by atoms with Crippen molar-refractivity contribution in [1.29, 1.82) is 0 Å². The number of para-hydroxylation sites is 3. The van der Waals surface area contributed by atoms with E-state index in [1.807, 2.05) is 67.8 Å². The molecule has 0 saturated carbocycles. The fourth-order valence-electron chi connectivity index (χ4n) is 3.41. The van der Waals surface area contributed by atoms with E-state index in [2.05, 4.69) is 15.0 Å². The maximum Gasteiger partial charge on any atom is 0.321 e. The van der Waals surface area contributed by atoms with Crippen molar-refractivity contribution in [3.63, 3.8) is 0 Å². The second-order valence-electron chi connectivity index (χ2n) is 7.62. The lowest BCUT2D eigenvalue weighted by molar-refractivity contribution is -0.132. The SMILES string of the molecule is O=C(CI)Oc1ccccc1-c1nc(-c2ccccc2OC(=O)CI)nc(-c2ccccc2OC(=O)CI)n1. The molecule has 39 heavy (non-hydrogen) atoms. The number of carbonyl (C=O) groups is 3. The predicted octanol–water partition coefficient (Wildman–Crippen LogP) is 5.89. The topological polar surface area (TPSA) is 118 Å². The van der Waals surface area contributed by atoms with Crippen LogP contribution in [-0.4, -0.2) is 46.1 Å². The Morgan fingerprint density at radius 2 is 0.744 bits per heavy atom. The third kappa shape index (κ3) is 7.47. The summed E-state index contributed by atoms with van der Waals surface area (Å²) in [6, 6.07) is 20.6. The van der Waals surface area contributed by atoms with E-state index in [0.29, 0.717) is 16.7 Å². The third-order valence-electron chi connectivity index (χ3n) is 5.02. The first-order valence-corrected chi connectivity index (χ1v) is 15.8. The number of halogens is 3. The van der Waals surface area contributed by atoms with Gasteiger partial charge in [-0.1, -0.05) is 104 Å². The summed E-state index contributed by atoms with van der Waals surface area (Å²) in [6.07, 6.45) is 0. The molecule has 12 heteroatoms. The molecule has 0 atom stereocenters. The highest BCUT2D eigenvalue weighted by molar-refractivity contribution is 14.1. The standard InChI is InChI=1S/C27H18I3N3O6/c28-13-22(34)37-19-10-4-1-7-16(19)25-31-26(17-8-2-5-11-20(17)38-23(35)14-29)33-27(32-25)18-9-3-6-12-21(18)39-24(36)15-30/h1-12H,13-15H2. The van der Waals surface area contributed by atoms with Crippen LogP contribution in [0.5, 0.6) is 17.2 Å². The first kappa shape index (κ1) is 29.3. The molecule has 0 aliphatic carbocycles. The number of rotatable bonds is 9. The van der Waals surface area contributed by atoms with E-state index in [1.54, 1.807) is 72.8 Å². The highest BCUT2D eigenvalue weighted by Crippen LogP contribution is 2.35.